The van der Waals surface area contributed by atoms with Gasteiger partial charge in [0, 0.05) is 5.54 Å². The first-order chi connectivity index (χ1) is 8.60. The van der Waals surface area contributed by atoms with Gasteiger partial charge in [-0.15, -0.1) is 0 Å². The molecular formula is C14H24N2O2. The molecule has 0 heterocycles. The Morgan fingerprint density at radius 3 is 2.11 bits per heavy atom. The van der Waals surface area contributed by atoms with E-state index in [2.05, 4.69) is 10.9 Å². The maximum absolute atomic E-state index is 11.0. The largest absolute Gasteiger partial charge is 0.480 e. The highest BCUT2D eigenvalue weighted by atomic mass is 16.4. The summed E-state index contributed by atoms with van der Waals surface area (Å²) in [6, 6.07) is -0.460. The van der Waals surface area contributed by atoms with Gasteiger partial charge in [-0.05, 0) is 62.7 Å². The van der Waals surface area contributed by atoms with E-state index in [0.717, 1.165) is 17.8 Å². The fourth-order valence-corrected chi connectivity index (χ4v) is 4.84. The molecule has 0 aromatic heterocycles. The van der Waals surface area contributed by atoms with Gasteiger partial charge in [0.2, 0.25) is 0 Å². The van der Waals surface area contributed by atoms with Crippen molar-refractivity contribution in [3.8, 4) is 0 Å². The summed E-state index contributed by atoms with van der Waals surface area (Å²) in [5.41, 5.74) is 6.70. The third kappa shape index (κ3) is 2.16. The maximum atomic E-state index is 11.0. The molecule has 102 valence electrons. The molecule has 0 amide bonds. The van der Waals surface area contributed by atoms with E-state index in [4.69, 9.17) is 5.11 Å². The number of aliphatic carboxylic acids is 1. The molecule has 0 saturated heterocycles. The lowest BCUT2D eigenvalue weighted by molar-refractivity contribution is -0.140. The van der Waals surface area contributed by atoms with Crippen LogP contribution in [0.2, 0.25) is 0 Å². The van der Waals surface area contributed by atoms with Crippen LogP contribution >= 0.6 is 0 Å². The van der Waals surface area contributed by atoms with Crippen LogP contribution in [-0.4, -0.2) is 22.7 Å². The SMILES string of the molecule is CCC(NNC12CC3CC(CC(C3)C1)C2)C(=O)O. The standard InChI is InChI=1S/C14H24N2O2/c1-2-12(13(17)18)15-16-14-6-9-3-10(7-14)5-11(4-9)8-14/h9-12,15-16H,2-8H2,1H3,(H,17,18). The first kappa shape index (κ1) is 12.4. The Balaban J connectivity index is 1.63. The fourth-order valence-electron chi connectivity index (χ4n) is 4.84. The molecule has 4 nitrogen and oxygen atoms in total. The number of carboxylic acids is 1. The van der Waals surface area contributed by atoms with Crippen molar-refractivity contribution >= 4 is 5.97 Å². The van der Waals surface area contributed by atoms with E-state index in [0.29, 0.717) is 6.42 Å². The van der Waals surface area contributed by atoms with Gasteiger partial charge < -0.3 is 5.11 Å². The third-order valence-electron chi connectivity index (χ3n) is 5.26. The molecule has 3 N–H and O–H groups in total. The smallest absolute Gasteiger partial charge is 0.322 e. The topological polar surface area (TPSA) is 61.4 Å². The van der Waals surface area contributed by atoms with Crippen molar-refractivity contribution in [2.45, 2.75) is 63.5 Å². The van der Waals surface area contributed by atoms with Crippen LogP contribution in [0.3, 0.4) is 0 Å². The zero-order valence-corrected chi connectivity index (χ0v) is 11.1. The number of nitrogens with one attached hydrogen (secondary N) is 2. The number of carbonyl (C=O) groups is 1. The van der Waals surface area contributed by atoms with Gasteiger partial charge >= 0.3 is 5.97 Å². The molecule has 0 spiro atoms. The van der Waals surface area contributed by atoms with Gasteiger partial charge in [-0.3, -0.25) is 10.2 Å². The normalized spacial score (nSPS) is 43.1. The fraction of sp³-hybridized carbons (Fsp3) is 0.929. The molecule has 4 saturated carbocycles. The summed E-state index contributed by atoms with van der Waals surface area (Å²) in [5.74, 6) is 1.90. The molecule has 1 unspecified atom stereocenters. The number of carboxylic acid groups (broad SMARTS) is 1. The summed E-state index contributed by atoms with van der Waals surface area (Å²) in [7, 11) is 0. The van der Waals surface area contributed by atoms with Gasteiger partial charge in [-0.25, -0.2) is 5.43 Å². The lowest BCUT2D eigenvalue weighted by Gasteiger charge is -2.57. The van der Waals surface area contributed by atoms with Crippen molar-refractivity contribution in [2.75, 3.05) is 0 Å². The van der Waals surface area contributed by atoms with E-state index in [9.17, 15) is 4.79 Å². The van der Waals surface area contributed by atoms with Crippen molar-refractivity contribution < 1.29 is 9.90 Å². The highest BCUT2D eigenvalue weighted by molar-refractivity contribution is 5.73. The van der Waals surface area contributed by atoms with Gasteiger partial charge in [0.05, 0.1) is 0 Å². The molecule has 4 rings (SSSR count). The van der Waals surface area contributed by atoms with Gasteiger partial charge in [0.15, 0.2) is 0 Å². The average Bonchev–Trinajstić information content (AvgIpc) is 2.27. The van der Waals surface area contributed by atoms with E-state index < -0.39 is 12.0 Å². The minimum absolute atomic E-state index is 0.192. The zero-order chi connectivity index (χ0) is 12.8. The minimum atomic E-state index is -0.755. The first-order valence-corrected chi connectivity index (χ1v) is 7.36. The summed E-state index contributed by atoms with van der Waals surface area (Å²) >= 11 is 0. The Kier molecular flexibility index (Phi) is 3.10. The van der Waals surface area contributed by atoms with Gasteiger partial charge in [0.1, 0.15) is 6.04 Å². The quantitative estimate of drug-likeness (QED) is 0.654. The van der Waals surface area contributed by atoms with Crippen LogP contribution in [0, 0.1) is 17.8 Å². The summed E-state index contributed by atoms with van der Waals surface area (Å²) < 4.78 is 0. The maximum Gasteiger partial charge on any atom is 0.322 e. The Labute approximate surface area is 108 Å². The Bertz CT molecular complexity index is 307. The highest BCUT2D eigenvalue weighted by Crippen LogP contribution is 2.55. The van der Waals surface area contributed by atoms with Gasteiger partial charge in [-0.1, -0.05) is 6.92 Å². The second-order valence-electron chi connectivity index (χ2n) is 6.77. The van der Waals surface area contributed by atoms with Crippen LogP contribution < -0.4 is 10.9 Å². The summed E-state index contributed by atoms with van der Waals surface area (Å²) in [6.45, 7) is 1.91. The van der Waals surface area contributed by atoms with E-state index >= 15 is 0 Å². The van der Waals surface area contributed by atoms with E-state index in [1.54, 1.807) is 0 Å². The lowest BCUT2D eigenvalue weighted by atomic mass is 9.53. The number of hydrogen-bond donors (Lipinski definition) is 3. The van der Waals surface area contributed by atoms with Crippen LogP contribution in [-0.2, 0) is 4.79 Å². The van der Waals surface area contributed by atoms with Gasteiger partial charge in [0.25, 0.3) is 0 Å². The second-order valence-corrected chi connectivity index (χ2v) is 6.77. The van der Waals surface area contributed by atoms with E-state index in [1.807, 2.05) is 6.92 Å². The van der Waals surface area contributed by atoms with E-state index in [-0.39, 0.29) is 5.54 Å². The molecule has 0 aromatic rings. The number of hydrazine groups is 1. The number of hydrogen-bond acceptors (Lipinski definition) is 3. The van der Waals surface area contributed by atoms with Crippen LogP contribution in [0.25, 0.3) is 0 Å². The molecule has 0 aliphatic heterocycles. The monoisotopic (exact) mass is 252 g/mol. The minimum Gasteiger partial charge on any atom is -0.480 e. The third-order valence-corrected chi connectivity index (χ3v) is 5.26. The van der Waals surface area contributed by atoms with Crippen molar-refractivity contribution in [1.29, 1.82) is 0 Å². The summed E-state index contributed by atoms with van der Waals surface area (Å²) in [5, 5.41) is 9.08. The van der Waals surface area contributed by atoms with Crippen molar-refractivity contribution in [2.24, 2.45) is 17.8 Å². The number of rotatable bonds is 5. The summed E-state index contributed by atoms with van der Waals surface area (Å²) in [4.78, 5) is 11.0. The van der Waals surface area contributed by atoms with Crippen LogP contribution in [0.1, 0.15) is 51.9 Å². The molecule has 4 heteroatoms. The summed E-state index contributed by atoms with van der Waals surface area (Å²) in [6.07, 6.45) is 8.58. The molecule has 4 bridgehead atoms. The second kappa shape index (κ2) is 4.49. The van der Waals surface area contributed by atoms with Crippen molar-refractivity contribution in [3.63, 3.8) is 0 Å². The Morgan fingerprint density at radius 1 is 1.22 bits per heavy atom. The zero-order valence-electron chi connectivity index (χ0n) is 11.1. The Morgan fingerprint density at radius 2 is 1.72 bits per heavy atom. The predicted octanol–water partition coefficient (Wildman–Crippen LogP) is 1.91. The highest BCUT2D eigenvalue weighted by Gasteiger charge is 2.51. The molecule has 4 aliphatic carbocycles. The lowest BCUT2D eigenvalue weighted by Crippen LogP contribution is -2.64. The van der Waals surface area contributed by atoms with Crippen molar-refractivity contribution in [3.05, 3.63) is 0 Å². The van der Waals surface area contributed by atoms with Crippen LogP contribution in [0.15, 0.2) is 0 Å². The molecule has 0 radical (unpaired) electrons. The first-order valence-electron chi connectivity index (χ1n) is 7.36. The van der Waals surface area contributed by atoms with Crippen LogP contribution in [0.4, 0.5) is 0 Å². The molecule has 1 atom stereocenters. The molecule has 4 fully saturated rings. The predicted molar refractivity (Wildman–Crippen MR) is 68.9 cm³/mol. The molecule has 4 aliphatic rings. The van der Waals surface area contributed by atoms with E-state index in [1.165, 1.54) is 38.5 Å². The Hall–Kier alpha value is -0.610. The van der Waals surface area contributed by atoms with Crippen molar-refractivity contribution in [1.82, 2.24) is 10.9 Å². The average molecular weight is 252 g/mol. The van der Waals surface area contributed by atoms with Crippen LogP contribution in [0.5, 0.6) is 0 Å². The molecular weight excluding hydrogens is 228 g/mol. The molecule has 0 aromatic carbocycles. The van der Waals surface area contributed by atoms with Gasteiger partial charge in [-0.2, -0.15) is 0 Å². The molecule has 18 heavy (non-hydrogen) atoms.